The molecule has 3 rings (SSSR count). The third-order valence-corrected chi connectivity index (χ3v) is 6.66. The molecule has 1 aromatic carbocycles. The summed E-state index contributed by atoms with van der Waals surface area (Å²) < 4.78 is 0. The van der Waals surface area contributed by atoms with Crippen LogP contribution in [0.1, 0.15) is 57.9 Å². The molecule has 2 bridgehead atoms. The average Bonchev–Trinajstić information content (AvgIpc) is 2.91. The molecule has 0 spiro atoms. The first-order chi connectivity index (χ1) is 11.5. The first-order valence-corrected chi connectivity index (χ1v) is 9.76. The predicted octanol–water partition coefficient (Wildman–Crippen LogP) is 4.45. The molecule has 2 unspecified atom stereocenters. The zero-order valence-electron chi connectivity index (χ0n) is 14.4. The molecule has 2 saturated heterocycles. The fourth-order valence-corrected chi connectivity index (χ4v) is 4.70. The molecule has 132 valence electrons. The summed E-state index contributed by atoms with van der Waals surface area (Å²) in [5.74, 6) is 0.122. The van der Waals surface area contributed by atoms with Crippen LogP contribution in [0.3, 0.4) is 0 Å². The van der Waals surface area contributed by atoms with Crippen LogP contribution in [0.25, 0.3) is 0 Å². The van der Waals surface area contributed by atoms with Crippen molar-refractivity contribution in [3.8, 4) is 0 Å². The molecule has 0 aliphatic carbocycles. The fourth-order valence-electron chi connectivity index (χ4n) is 4.40. The van der Waals surface area contributed by atoms with Gasteiger partial charge in [0.05, 0.1) is 15.5 Å². The van der Waals surface area contributed by atoms with E-state index >= 15 is 0 Å². The van der Waals surface area contributed by atoms with Crippen molar-refractivity contribution in [3.63, 3.8) is 0 Å². The lowest BCUT2D eigenvalue weighted by Crippen LogP contribution is -2.53. The van der Waals surface area contributed by atoms with Gasteiger partial charge in [0.25, 0.3) is 0 Å². The van der Waals surface area contributed by atoms with Crippen molar-refractivity contribution >= 4 is 29.1 Å². The molecule has 24 heavy (non-hydrogen) atoms. The van der Waals surface area contributed by atoms with Crippen LogP contribution in [-0.4, -0.2) is 24.0 Å². The molecule has 0 saturated carbocycles. The Morgan fingerprint density at radius 2 is 1.79 bits per heavy atom. The Hall–Kier alpha value is -0.770. The Balaban J connectivity index is 1.81. The zero-order valence-corrected chi connectivity index (χ0v) is 15.9. The van der Waals surface area contributed by atoms with Gasteiger partial charge in [-0.2, -0.15) is 0 Å². The Morgan fingerprint density at radius 1 is 1.17 bits per heavy atom. The second-order valence-corrected chi connectivity index (χ2v) is 8.01. The van der Waals surface area contributed by atoms with Gasteiger partial charge in [-0.1, -0.05) is 43.1 Å². The number of nitrogens with one attached hydrogen (secondary N) is 2. The van der Waals surface area contributed by atoms with Crippen LogP contribution in [0.15, 0.2) is 18.2 Å². The van der Waals surface area contributed by atoms with Crippen molar-refractivity contribution in [1.82, 2.24) is 10.6 Å². The van der Waals surface area contributed by atoms with Crippen LogP contribution < -0.4 is 10.6 Å². The first kappa shape index (κ1) is 18.0. The second kappa shape index (κ2) is 7.23. The minimum atomic E-state index is -0.543. The maximum absolute atomic E-state index is 13.2. The molecule has 2 heterocycles. The standard InChI is InChI=1S/C19H26Cl2N2O/c1-3-19(4-2,12-5-8-16(20)17(21)9-12)18(24)23-15-10-13-6-7-14(11-15)22-13/h5,8-9,13-15,22H,3-4,6-7,10-11H2,1-2H3,(H,23,24). The van der Waals surface area contributed by atoms with Gasteiger partial charge in [0.2, 0.25) is 5.91 Å². The molecule has 2 N–H and O–H groups in total. The number of carbonyl (C=O) groups is 1. The molecule has 2 aliphatic heterocycles. The van der Waals surface area contributed by atoms with Gasteiger partial charge in [0, 0.05) is 18.1 Å². The van der Waals surface area contributed by atoms with E-state index in [-0.39, 0.29) is 11.9 Å². The SMILES string of the molecule is CCC(CC)(C(=O)NC1CC2CCC(C1)N2)c1ccc(Cl)c(Cl)c1. The van der Waals surface area contributed by atoms with Crippen molar-refractivity contribution in [2.24, 2.45) is 0 Å². The minimum absolute atomic E-state index is 0.122. The Kier molecular flexibility index (Phi) is 5.43. The third kappa shape index (κ3) is 3.31. The quantitative estimate of drug-likeness (QED) is 0.805. The van der Waals surface area contributed by atoms with E-state index in [0.717, 1.165) is 31.2 Å². The van der Waals surface area contributed by atoms with Gasteiger partial charge in [0.1, 0.15) is 0 Å². The number of hydrogen-bond acceptors (Lipinski definition) is 2. The summed E-state index contributed by atoms with van der Waals surface area (Å²) in [6, 6.07) is 6.98. The Bertz CT molecular complexity index is 603. The molecule has 0 aromatic heterocycles. The van der Waals surface area contributed by atoms with Crippen LogP contribution in [-0.2, 0) is 10.2 Å². The molecule has 1 amide bonds. The summed E-state index contributed by atoms with van der Waals surface area (Å²) in [7, 11) is 0. The number of benzene rings is 1. The molecule has 3 nitrogen and oxygen atoms in total. The minimum Gasteiger partial charge on any atom is -0.352 e. The van der Waals surface area contributed by atoms with Gasteiger partial charge < -0.3 is 10.6 Å². The largest absolute Gasteiger partial charge is 0.352 e. The van der Waals surface area contributed by atoms with E-state index in [2.05, 4.69) is 24.5 Å². The highest BCUT2D eigenvalue weighted by molar-refractivity contribution is 6.42. The summed E-state index contributed by atoms with van der Waals surface area (Å²) in [4.78, 5) is 13.2. The highest BCUT2D eigenvalue weighted by atomic mass is 35.5. The molecule has 0 radical (unpaired) electrons. The van der Waals surface area contributed by atoms with E-state index in [9.17, 15) is 4.79 Å². The van der Waals surface area contributed by atoms with Gasteiger partial charge in [-0.3, -0.25) is 4.79 Å². The summed E-state index contributed by atoms with van der Waals surface area (Å²) in [5.41, 5.74) is 0.411. The van der Waals surface area contributed by atoms with Crippen molar-refractivity contribution in [2.45, 2.75) is 75.9 Å². The van der Waals surface area contributed by atoms with Crippen molar-refractivity contribution in [2.75, 3.05) is 0 Å². The van der Waals surface area contributed by atoms with Crippen molar-refractivity contribution in [3.05, 3.63) is 33.8 Å². The summed E-state index contributed by atoms with van der Waals surface area (Å²) in [5, 5.41) is 7.99. The molecule has 5 heteroatoms. The topological polar surface area (TPSA) is 41.1 Å². The Labute approximate surface area is 154 Å². The van der Waals surface area contributed by atoms with Gasteiger partial charge in [-0.15, -0.1) is 0 Å². The van der Waals surface area contributed by atoms with E-state index in [4.69, 9.17) is 23.2 Å². The summed E-state index contributed by atoms with van der Waals surface area (Å²) >= 11 is 12.3. The summed E-state index contributed by atoms with van der Waals surface area (Å²) in [6.07, 6.45) is 6.02. The van der Waals surface area contributed by atoms with Crippen molar-refractivity contribution < 1.29 is 4.79 Å². The van der Waals surface area contributed by atoms with Crippen LogP contribution in [0.2, 0.25) is 10.0 Å². The van der Waals surface area contributed by atoms with Crippen LogP contribution in [0.5, 0.6) is 0 Å². The van der Waals surface area contributed by atoms with E-state index in [1.165, 1.54) is 12.8 Å². The van der Waals surface area contributed by atoms with Gasteiger partial charge in [0.15, 0.2) is 0 Å². The maximum atomic E-state index is 13.2. The number of rotatable bonds is 5. The van der Waals surface area contributed by atoms with Gasteiger partial charge >= 0.3 is 0 Å². The number of carbonyl (C=O) groups excluding carboxylic acids is 1. The monoisotopic (exact) mass is 368 g/mol. The predicted molar refractivity (Wildman–Crippen MR) is 99.8 cm³/mol. The molecular weight excluding hydrogens is 343 g/mol. The number of halogens is 2. The second-order valence-electron chi connectivity index (χ2n) is 7.20. The molecule has 2 fully saturated rings. The number of piperidine rings is 1. The van der Waals surface area contributed by atoms with E-state index in [0.29, 0.717) is 22.1 Å². The maximum Gasteiger partial charge on any atom is 0.230 e. The molecule has 1 aromatic rings. The molecule has 2 atom stereocenters. The van der Waals surface area contributed by atoms with Gasteiger partial charge in [-0.05, 0) is 56.2 Å². The van der Waals surface area contributed by atoms with Crippen LogP contribution in [0, 0.1) is 0 Å². The number of hydrogen-bond donors (Lipinski definition) is 2. The smallest absolute Gasteiger partial charge is 0.230 e. The van der Waals surface area contributed by atoms with Gasteiger partial charge in [-0.25, -0.2) is 0 Å². The number of fused-ring (bicyclic) bond motifs is 2. The first-order valence-electron chi connectivity index (χ1n) is 9.01. The fraction of sp³-hybridized carbons (Fsp3) is 0.632. The van der Waals surface area contributed by atoms with E-state index in [1.54, 1.807) is 6.07 Å². The normalized spacial score (nSPS) is 26.4. The highest BCUT2D eigenvalue weighted by Gasteiger charge is 2.40. The molecule has 2 aliphatic rings. The highest BCUT2D eigenvalue weighted by Crippen LogP contribution is 2.36. The third-order valence-electron chi connectivity index (χ3n) is 5.92. The average molecular weight is 369 g/mol. The lowest BCUT2D eigenvalue weighted by atomic mass is 9.74. The summed E-state index contributed by atoms with van der Waals surface area (Å²) in [6.45, 7) is 4.13. The van der Waals surface area contributed by atoms with Crippen LogP contribution in [0.4, 0.5) is 0 Å². The van der Waals surface area contributed by atoms with Crippen LogP contribution >= 0.6 is 23.2 Å². The Morgan fingerprint density at radius 3 is 2.33 bits per heavy atom. The van der Waals surface area contributed by atoms with E-state index in [1.807, 2.05) is 12.1 Å². The number of amides is 1. The van der Waals surface area contributed by atoms with E-state index < -0.39 is 5.41 Å². The lowest BCUT2D eigenvalue weighted by Gasteiger charge is -2.36. The van der Waals surface area contributed by atoms with Crippen molar-refractivity contribution in [1.29, 1.82) is 0 Å². The molecular formula is C19H26Cl2N2O. The zero-order chi connectivity index (χ0) is 17.3. The lowest BCUT2D eigenvalue weighted by molar-refractivity contribution is -0.128.